The highest BCUT2D eigenvalue weighted by Crippen LogP contribution is 2.33. The van der Waals surface area contributed by atoms with Crippen LogP contribution in [0.3, 0.4) is 0 Å². The Balaban J connectivity index is 1.44. The van der Waals surface area contributed by atoms with Crippen molar-refractivity contribution in [2.75, 3.05) is 26.5 Å². The molecule has 0 saturated heterocycles. The summed E-state index contributed by atoms with van der Waals surface area (Å²) in [6.45, 7) is 3.23. The Morgan fingerprint density at radius 3 is 2.60 bits per heavy atom. The molecule has 0 aliphatic carbocycles. The Hall–Kier alpha value is -3.07. The number of carbonyl (C=O) groups excluding carboxylic acids is 1. The molecule has 0 atom stereocenters. The molecule has 2 aromatic carbocycles. The van der Waals surface area contributed by atoms with E-state index in [1.54, 1.807) is 18.9 Å². The third-order valence-electron chi connectivity index (χ3n) is 5.18. The lowest BCUT2D eigenvalue weighted by Gasteiger charge is -2.29. The molecule has 1 aliphatic heterocycles. The third-order valence-corrected chi connectivity index (χ3v) is 6.08. The largest absolute Gasteiger partial charge is 0.493 e. The number of carbonyl (C=O) groups is 1. The second-order valence-electron chi connectivity index (χ2n) is 6.99. The Morgan fingerprint density at radius 2 is 1.87 bits per heavy atom. The molecule has 1 aromatic heterocycles. The van der Waals surface area contributed by atoms with Crippen molar-refractivity contribution in [1.29, 1.82) is 0 Å². The molecule has 0 radical (unpaired) electrons. The number of amides is 1. The van der Waals surface area contributed by atoms with Crippen molar-refractivity contribution in [3.05, 3.63) is 53.1 Å². The van der Waals surface area contributed by atoms with Crippen LogP contribution in [-0.2, 0) is 17.8 Å². The van der Waals surface area contributed by atoms with Crippen molar-refractivity contribution < 1.29 is 14.3 Å². The molecular weight excluding hydrogens is 402 g/mol. The quantitative estimate of drug-likeness (QED) is 0.562. The lowest BCUT2D eigenvalue weighted by atomic mass is 9.99. The molecule has 0 fully saturated rings. The number of thioether (sulfide) groups is 1. The number of fused-ring (bicyclic) bond motifs is 1. The molecule has 0 saturated carbocycles. The standard InChI is InChI=1S/C21H23N5O3S/c1-14-6-4-5-7-17(14)26-21(22-23-24-26)30-13-20(27)25-9-8-15-10-18(28-2)19(29-3)11-16(15)12-25/h4-7,10-11H,8-9,12-13H2,1-3H3. The summed E-state index contributed by atoms with van der Waals surface area (Å²) in [6, 6.07) is 11.8. The zero-order chi connectivity index (χ0) is 21.1. The average molecular weight is 426 g/mol. The number of para-hydroxylation sites is 1. The number of methoxy groups -OCH3 is 2. The van der Waals surface area contributed by atoms with Gasteiger partial charge in [0.2, 0.25) is 11.1 Å². The van der Waals surface area contributed by atoms with E-state index in [0.29, 0.717) is 24.0 Å². The molecule has 0 spiro atoms. The number of hydrogen-bond donors (Lipinski definition) is 0. The van der Waals surface area contributed by atoms with Gasteiger partial charge in [0, 0.05) is 13.1 Å². The van der Waals surface area contributed by atoms with E-state index in [1.165, 1.54) is 17.3 Å². The Morgan fingerprint density at radius 1 is 1.13 bits per heavy atom. The number of hydrogen-bond acceptors (Lipinski definition) is 7. The minimum atomic E-state index is 0.0553. The fourth-order valence-electron chi connectivity index (χ4n) is 3.53. The first-order valence-electron chi connectivity index (χ1n) is 9.59. The molecule has 156 valence electrons. The van der Waals surface area contributed by atoms with E-state index in [1.807, 2.05) is 48.2 Å². The molecule has 1 amide bonds. The second-order valence-corrected chi connectivity index (χ2v) is 7.93. The molecule has 0 N–H and O–H groups in total. The first-order chi connectivity index (χ1) is 14.6. The van der Waals surface area contributed by atoms with Crippen molar-refractivity contribution >= 4 is 17.7 Å². The maximum absolute atomic E-state index is 12.9. The van der Waals surface area contributed by atoms with Gasteiger partial charge in [0.15, 0.2) is 11.5 Å². The molecule has 8 nitrogen and oxygen atoms in total. The van der Waals surface area contributed by atoms with Crippen molar-refractivity contribution in [1.82, 2.24) is 25.1 Å². The van der Waals surface area contributed by atoms with Gasteiger partial charge in [-0.25, -0.2) is 0 Å². The summed E-state index contributed by atoms with van der Waals surface area (Å²) in [6.07, 6.45) is 0.785. The predicted octanol–water partition coefficient (Wildman–Crippen LogP) is 2.66. The maximum atomic E-state index is 12.9. The van der Waals surface area contributed by atoms with Crippen LogP contribution in [-0.4, -0.2) is 57.5 Å². The summed E-state index contributed by atoms with van der Waals surface area (Å²) >= 11 is 1.34. The highest BCUT2D eigenvalue weighted by atomic mass is 32.2. The molecule has 1 aliphatic rings. The van der Waals surface area contributed by atoms with E-state index in [4.69, 9.17) is 9.47 Å². The van der Waals surface area contributed by atoms with Crippen LogP contribution in [0.2, 0.25) is 0 Å². The summed E-state index contributed by atoms with van der Waals surface area (Å²) in [5.41, 5.74) is 4.25. The molecule has 0 bridgehead atoms. The summed E-state index contributed by atoms with van der Waals surface area (Å²) in [5, 5.41) is 12.6. The Kier molecular flexibility index (Phi) is 5.89. The molecule has 4 rings (SSSR count). The van der Waals surface area contributed by atoms with Crippen molar-refractivity contribution in [2.45, 2.75) is 25.0 Å². The van der Waals surface area contributed by atoms with Gasteiger partial charge in [-0.05, 0) is 58.7 Å². The van der Waals surface area contributed by atoms with Crippen LogP contribution in [0.25, 0.3) is 5.69 Å². The fraction of sp³-hybridized carbons (Fsp3) is 0.333. The van der Waals surface area contributed by atoms with Crippen LogP contribution in [0.5, 0.6) is 11.5 Å². The third kappa shape index (κ3) is 3.97. The zero-order valence-corrected chi connectivity index (χ0v) is 18.0. The topological polar surface area (TPSA) is 82.4 Å². The van der Waals surface area contributed by atoms with Gasteiger partial charge in [0.05, 0.1) is 25.7 Å². The van der Waals surface area contributed by atoms with Crippen LogP contribution < -0.4 is 9.47 Å². The predicted molar refractivity (Wildman–Crippen MR) is 113 cm³/mol. The van der Waals surface area contributed by atoms with Crippen LogP contribution >= 0.6 is 11.8 Å². The minimum Gasteiger partial charge on any atom is -0.493 e. The Bertz CT molecular complexity index is 1070. The highest BCUT2D eigenvalue weighted by molar-refractivity contribution is 7.99. The van der Waals surface area contributed by atoms with E-state index in [2.05, 4.69) is 15.5 Å². The first kappa shape index (κ1) is 20.2. The number of benzene rings is 2. The van der Waals surface area contributed by atoms with Crippen molar-refractivity contribution in [3.63, 3.8) is 0 Å². The number of rotatable bonds is 6. The van der Waals surface area contributed by atoms with E-state index in [0.717, 1.165) is 29.0 Å². The van der Waals surface area contributed by atoms with E-state index in [9.17, 15) is 4.79 Å². The molecule has 0 unspecified atom stereocenters. The van der Waals surface area contributed by atoms with Gasteiger partial charge in [-0.1, -0.05) is 30.0 Å². The smallest absolute Gasteiger partial charge is 0.233 e. The molecule has 9 heteroatoms. The summed E-state index contributed by atoms with van der Waals surface area (Å²) in [5.74, 6) is 1.72. The number of nitrogens with zero attached hydrogens (tertiary/aromatic N) is 5. The highest BCUT2D eigenvalue weighted by Gasteiger charge is 2.23. The first-order valence-corrected chi connectivity index (χ1v) is 10.6. The molecule has 2 heterocycles. The number of ether oxygens (including phenoxy) is 2. The minimum absolute atomic E-state index is 0.0553. The summed E-state index contributed by atoms with van der Waals surface area (Å²) in [7, 11) is 3.25. The van der Waals surface area contributed by atoms with Gasteiger partial charge in [-0.3, -0.25) is 4.79 Å². The molecular formula is C21H23N5O3S. The number of tetrazole rings is 1. The maximum Gasteiger partial charge on any atom is 0.233 e. The van der Waals surface area contributed by atoms with Crippen molar-refractivity contribution in [2.24, 2.45) is 0 Å². The van der Waals surface area contributed by atoms with Crippen molar-refractivity contribution in [3.8, 4) is 17.2 Å². The lowest BCUT2D eigenvalue weighted by Crippen LogP contribution is -2.37. The number of aryl methyl sites for hydroxylation is 1. The van der Waals surface area contributed by atoms with Gasteiger partial charge in [0.25, 0.3) is 0 Å². The molecule has 3 aromatic rings. The monoisotopic (exact) mass is 425 g/mol. The van der Waals surface area contributed by atoms with Gasteiger partial charge < -0.3 is 14.4 Å². The van der Waals surface area contributed by atoms with Crippen LogP contribution in [0.1, 0.15) is 16.7 Å². The average Bonchev–Trinajstić information content (AvgIpc) is 3.24. The van der Waals surface area contributed by atoms with E-state index >= 15 is 0 Å². The molecule has 30 heavy (non-hydrogen) atoms. The zero-order valence-electron chi connectivity index (χ0n) is 17.2. The SMILES string of the molecule is COc1cc2c(cc1OC)CN(C(=O)CSc1nnnn1-c1ccccc1C)CC2. The lowest BCUT2D eigenvalue weighted by molar-refractivity contribution is -0.129. The number of aromatic nitrogens is 4. The summed E-state index contributed by atoms with van der Waals surface area (Å²) < 4.78 is 12.5. The van der Waals surface area contributed by atoms with Crippen LogP contribution in [0.15, 0.2) is 41.6 Å². The van der Waals surface area contributed by atoms with Crippen LogP contribution in [0, 0.1) is 6.92 Å². The van der Waals surface area contributed by atoms with Crippen LogP contribution in [0.4, 0.5) is 0 Å². The van der Waals surface area contributed by atoms with Gasteiger partial charge >= 0.3 is 0 Å². The van der Waals surface area contributed by atoms with E-state index in [-0.39, 0.29) is 11.7 Å². The van der Waals surface area contributed by atoms with E-state index < -0.39 is 0 Å². The van der Waals surface area contributed by atoms with Gasteiger partial charge in [-0.2, -0.15) is 4.68 Å². The summed E-state index contributed by atoms with van der Waals surface area (Å²) in [4.78, 5) is 14.7. The second kappa shape index (κ2) is 8.74. The Labute approximate surface area is 179 Å². The van der Waals surface area contributed by atoms with Gasteiger partial charge in [-0.15, -0.1) is 5.10 Å². The van der Waals surface area contributed by atoms with Gasteiger partial charge in [0.1, 0.15) is 0 Å². The normalized spacial score (nSPS) is 13.1. The fourth-order valence-corrected chi connectivity index (χ4v) is 4.32.